The number of carbonyl (C=O) groups is 1. The molecule has 1 unspecified atom stereocenters. The highest BCUT2D eigenvalue weighted by Crippen LogP contribution is 2.31. The van der Waals surface area contributed by atoms with Gasteiger partial charge in [0.15, 0.2) is 0 Å². The number of carbonyl (C=O) groups excluding carboxylic acids is 1. The van der Waals surface area contributed by atoms with E-state index in [1.807, 2.05) is 38.1 Å². The molecule has 5 nitrogen and oxygen atoms in total. The predicted octanol–water partition coefficient (Wildman–Crippen LogP) is 4.38. The van der Waals surface area contributed by atoms with Gasteiger partial charge >= 0.3 is 0 Å². The van der Waals surface area contributed by atoms with E-state index < -0.39 is 0 Å². The molecule has 0 radical (unpaired) electrons. The van der Waals surface area contributed by atoms with Crippen LogP contribution >= 0.6 is 11.8 Å². The van der Waals surface area contributed by atoms with E-state index in [9.17, 15) is 9.90 Å². The number of ether oxygens (including phenoxy) is 1. The predicted molar refractivity (Wildman–Crippen MR) is 105 cm³/mol. The van der Waals surface area contributed by atoms with Crippen LogP contribution in [0.3, 0.4) is 0 Å². The number of nitrogens with zero attached hydrogens (tertiary/aromatic N) is 1. The molecule has 1 amide bonds. The molecule has 1 heterocycles. The zero-order chi connectivity index (χ0) is 18.7. The maximum absolute atomic E-state index is 12.4. The van der Waals surface area contributed by atoms with Crippen LogP contribution in [0.25, 0.3) is 10.9 Å². The number of nitrogens with one attached hydrogen (secondary N) is 1. The summed E-state index contributed by atoms with van der Waals surface area (Å²) < 4.78 is 5.41. The first kappa shape index (κ1) is 18.1. The van der Waals surface area contributed by atoms with Crippen molar-refractivity contribution in [3.05, 3.63) is 54.1 Å². The Morgan fingerprint density at radius 3 is 2.73 bits per heavy atom. The molecule has 0 aliphatic heterocycles. The monoisotopic (exact) mass is 368 g/mol. The Morgan fingerprint density at radius 2 is 2.00 bits per heavy atom. The Kier molecular flexibility index (Phi) is 5.32. The molecular weight excluding hydrogens is 348 g/mol. The van der Waals surface area contributed by atoms with Gasteiger partial charge in [0.2, 0.25) is 5.91 Å². The number of anilines is 1. The third-order valence-electron chi connectivity index (χ3n) is 3.99. The number of aryl methyl sites for hydroxylation is 1. The number of pyridine rings is 1. The van der Waals surface area contributed by atoms with Gasteiger partial charge in [0.25, 0.3) is 0 Å². The lowest BCUT2D eigenvalue weighted by Crippen LogP contribution is -2.22. The van der Waals surface area contributed by atoms with Gasteiger partial charge in [-0.2, -0.15) is 0 Å². The zero-order valence-electron chi connectivity index (χ0n) is 14.8. The maximum atomic E-state index is 12.4. The Balaban J connectivity index is 1.80. The van der Waals surface area contributed by atoms with Crippen LogP contribution in [0.1, 0.15) is 12.5 Å². The first-order chi connectivity index (χ1) is 12.5. The largest absolute Gasteiger partial charge is 0.508 e. The molecule has 0 aliphatic carbocycles. The molecule has 134 valence electrons. The molecule has 2 aromatic carbocycles. The van der Waals surface area contributed by atoms with E-state index in [-0.39, 0.29) is 16.9 Å². The van der Waals surface area contributed by atoms with Crippen LogP contribution in [0.15, 0.2) is 53.6 Å². The number of para-hydroxylation sites is 1. The Labute approximate surface area is 156 Å². The summed E-state index contributed by atoms with van der Waals surface area (Å²) in [5.74, 6) is 0.673. The van der Waals surface area contributed by atoms with Crippen molar-refractivity contribution in [2.45, 2.75) is 24.1 Å². The lowest BCUT2D eigenvalue weighted by atomic mass is 10.1. The van der Waals surface area contributed by atoms with Gasteiger partial charge in [-0.3, -0.25) is 4.79 Å². The Hall–Kier alpha value is -2.73. The van der Waals surface area contributed by atoms with E-state index in [2.05, 4.69) is 10.3 Å². The van der Waals surface area contributed by atoms with Crippen molar-refractivity contribution in [3.63, 3.8) is 0 Å². The van der Waals surface area contributed by atoms with E-state index in [0.717, 1.165) is 21.5 Å². The average Bonchev–Trinajstić information content (AvgIpc) is 2.61. The Morgan fingerprint density at radius 1 is 1.23 bits per heavy atom. The molecular formula is C20H20N2O3S. The van der Waals surface area contributed by atoms with Gasteiger partial charge in [0.05, 0.1) is 17.4 Å². The molecule has 0 aliphatic rings. The van der Waals surface area contributed by atoms with Crippen molar-refractivity contribution in [3.8, 4) is 11.5 Å². The van der Waals surface area contributed by atoms with Crippen molar-refractivity contribution in [1.82, 2.24) is 4.98 Å². The van der Waals surface area contributed by atoms with Crippen molar-refractivity contribution in [1.29, 1.82) is 0 Å². The number of rotatable bonds is 5. The molecule has 0 fully saturated rings. The van der Waals surface area contributed by atoms with Gasteiger partial charge in [-0.05, 0) is 43.7 Å². The van der Waals surface area contributed by atoms with Gasteiger partial charge < -0.3 is 15.2 Å². The lowest BCUT2D eigenvalue weighted by Gasteiger charge is -2.14. The number of methoxy groups -OCH3 is 1. The van der Waals surface area contributed by atoms with Crippen LogP contribution in [0.2, 0.25) is 0 Å². The minimum Gasteiger partial charge on any atom is -0.508 e. The highest BCUT2D eigenvalue weighted by atomic mass is 32.2. The van der Waals surface area contributed by atoms with Crippen LogP contribution in [-0.2, 0) is 4.79 Å². The second-order valence-corrected chi connectivity index (χ2v) is 7.29. The van der Waals surface area contributed by atoms with Crippen molar-refractivity contribution in [2.75, 3.05) is 12.4 Å². The van der Waals surface area contributed by atoms with Crippen LogP contribution in [0.4, 0.5) is 5.69 Å². The molecule has 26 heavy (non-hydrogen) atoms. The summed E-state index contributed by atoms with van der Waals surface area (Å²) in [7, 11) is 1.62. The summed E-state index contributed by atoms with van der Waals surface area (Å²) in [4.78, 5) is 17.1. The number of aromatic hydroxyl groups is 1. The van der Waals surface area contributed by atoms with Crippen molar-refractivity contribution >= 4 is 34.3 Å². The van der Waals surface area contributed by atoms with Gasteiger partial charge in [0.1, 0.15) is 17.0 Å². The summed E-state index contributed by atoms with van der Waals surface area (Å²) in [6, 6.07) is 14.3. The third kappa shape index (κ3) is 3.91. The number of hydrogen-bond acceptors (Lipinski definition) is 5. The molecule has 3 rings (SSSR count). The van der Waals surface area contributed by atoms with Crippen LogP contribution in [0, 0.1) is 6.92 Å². The molecule has 6 heteroatoms. The summed E-state index contributed by atoms with van der Waals surface area (Å²) in [6.45, 7) is 3.84. The highest BCUT2D eigenvalue weighted by Gasteiger charge is 2.17. The summed E-state index contributed by atoms with van der Waals surface area (Å²) in [5, 5.41) is 13.8. The van der Waals surface area contributed by atoms with Crippen molar-refractivity contribution in [2.24, 2.45) is 0 Å². The van der Waals surface area contributed by atoms with Crippen molar-refractivity contribution < 1.29 is 14.6 Å². The van der Waals surface area contributed by atoms with Gasteiger partial charge in [-0.1, -0.05) is 30.0 Å². The van der Waals surface area contributed by atoms with Gasteiger partial charge in [0, 0.05) is 17.1 Å². The quantitative estimate of drug-likeness (QED) is 0.654. The minimum atomic E-state index is -0.351. The first-order valence-corrected chi connectivity index (χ1v) is 9.07. The first-order valence-electron chi connectivity index (χ1n) is 8.19. The lowest BCUT2D eigenvalue weighted by molar-refractivity contribution is -0.115. The molecule has 1 aromatic heterocycles. The topological polar surface area (TPSA) is 71.5 Å². The van der Waals surface area contributed by atoms with E-state index >= 15 is 0 Å². The average molecular weight is 368 g/mol. The normalized spacial score (nSPS) is 12.0. The fourth-order valence-electron chi connectivity index (χ4n) is 2.65. The molecule has 0 bridgehead atoms. The molecule has 3 aromatic rings. The number of thioether (sulfide) groups is 1. The van der Waals surface area contributed by atoms with Crippen LogP contribution in [0.5, 0.6) is 11.5 Å². The van der Waals surface area contributed by atoms with Crippen LogP contribution in [-0.4, -0.2) is 28.4 Å². The fourth-order valence-corrected chi connectivity index (χ4v) is 3.57. The standard InChI is InChI=1S/C20H20N2O3S/c1-12-10-18(22-19-16(12)8-5-9-17(19)25-3)26-13(2)20(24)21-14-6-4-7-15(23)11-14/h4-11,13,23H,1-3H3,(H,21,24). The van der Waals surface area contributed by atoms with E-state index in [4.69, 9.17) is 4.74 Å². The molecule has 2 N–H and O–H groups in total. The second kappa shape index (κ2) is 7.66. The number of hydrogen-bond donors (Lipinski definition) is 2. The van der Waals surface area contributed by atoms with Gasteiger partial charge in [-0.15, -0.1) is 0 Å². The molecule has 0 saturated heterocycles. The number of fused-ring (bicyclic) bond motifs is 1. The summed E-state index contributed by atoms with van der Waals surface area (Å²) >= 11 is 1.38. The number of phenolic OH excluding ortho intramolecular Hbond substituents is 1. The maximum Gasteiger partial charge on any atom is 0.237 e. The van der Waals surface area contributed by atoms with E-state index in [0.29, 0.717) is 11.4 Å². The van der Waals surface area contributed by atoms with Gasteiger partial charge in [-0.25, -0.2) is 4.98 Å². The minimum absolute atomic E-state index is 0.113. The number of amides is 1. The fraction of sp³-hybridized carbons (Fsp3) is 0.200. The van der Waals surface area contributed by atoms with Crippen LogP contribution < -0.4 is 10.1 Å². The number of phenols is 1. The summed E-state index contributed by atoms with van der Waals surface area (Å²) in [6.07, 6.45) is 0. The molecule has 0 spiro atoms. The van der Waals surface area contributed by atoms with E-state index in [1.54, 1.807) is 25.3 Å². The zero-order valence-corrected chi connectivity index (χ0v) is 15.6. The highest BCUT2D eigenvalue weighted by molar-refractivity contribution is 8.00. The number of aromatic nitrogens is 1. The molecule has 1 atom stereocenters. The smallest absolute Gasteiger partial charge is 0.237 e. The Bertz CT molecular complexity index is 959. The second-order valence-electron chi connectivity index (χ2n) is 5.93. The SMILES string of the molecule is COc1cccc2c(C)cc(SC(C)C(=O)Nc3cccc(O)c3)nc12. The summed E-state index contributed by atoms with van der Waals surface area (Å²) in [5.41, 5.74) is 2.43. The molecule has 0 saturated carbocycles. The van der Waals surface area contributed by atoms with E-state index in [1.165, 1.54) is 17.8 Å². The third-order valence-corrected chi connectivity index (χ3v) is 5.00. The number of benzene rings is 2.